The molecule has 108 valence electrons. The Morgan fingerprint density at radius 3 is 2.37 bits per heavy atom. The molecule has 0 amide bonds. The fourth-order valence-corrected chi connectivity index (χ4v) is 1.41. The van der Waals surface area contributed by atoms with Gasteiger partial charge in [-0.25, -0.2) is 18.7 Å². The molecule has 0 aliphatic carbocycles. The first kappa shape index (κ1) is 15.5. The minimum absolute atomic E-state index is 0.197. The molecule has 0 fully saturated rings. The fourth-order valence-electron chi connectivity index (χ4n) is 1.41. The predicted octanol–water partition coefficient (Wildman–Crippen LogP) is 0.865. The van der Waals surface area contributed by atoms with Gasteiger partial charge in [0.15, 0.2) is 0 Å². The van der Waals surface area contributed by atoms with E-state index in [2.05, 4.69) is 15.3 Å². The Bertz CT molecular complexity index is 358. The van der Waals surface area contributed by atoms with Crippen molar-refractivity contribution < 1.29 is 23.0 Å². The summed E-state index contributed by atoms with van der Waals surface area (Å²) in [5.74, 6) is 0.820. The maximum Gasteiger partial charge on any atom is 0.261 e. The number of hydrogen-bond donors (Lipinski definition) is 1. The van der Waals surface area contributed by atoms with Gasteiger partial charge < -0.3 is 19.5 Å². The second kappa shape index (κ2) is 8.54. The molecule has 19 heavy (non-hydrogen) atoms. The molecular formula is C11H17F2N3O3. The second-order valence-corrected chi connectivity index (χ2v) is 3.51. The number of aromatic nitrogens is 2. The topological polar surface area (TPSA) is 65.5 Å². The van der Waals surface area contributed by atoms with E-state index in [1.807, 2.05) is 0 Å². The standard InChI is InChI=1S/C11H17F2N3O3/c1-17-10-8(11(18-2)16-7-15-10)5-14-3-4-19-6-9(12)13/h7,9,14H,3-6H2,1-2H3. The van der Waals surface area contributed by atoms with E-state index in [1.165, 1.54) is 20.5 Å². The number of hydrogen-bond acceptors (Lipinski definition) is 6. The average molecular weight is 277 g/mol. The lowest BCUT2D eigenvalue weighted by molar-refractivity contribution is 0.0187. The number of nitrogens with zero attached hydrogens (tertiary/aromatic N) is 2. The van der Waals surface area contributed by atoms with E-state index >= 15 is 0 Å². The Balaban J connectivity index is 2.40. The zero-order chi connectivity index (χ0) is 14.1. The van der Waals surface area contributed by atoms with Crippen LogP contribution in [0, 0.1) is 0 Å². The maximum absolute atomic E-state index is 11.8. The Morgan fingerprint density at radius 2 is 1.84 bits per heavy atom. The normalized spacial score (nSPS) is 10.8. The number of methoxy groups -OCH3 is 2. The number of rotatable bonds is 9. The Hall–Kier alpha value is -1.54. The van der Waals surface area contributed by atoms with Crippen LogP contribution in [0.5, 0.6) is 11.8 Å². The number of halogens is 2. The van der Waals surface area contributed by atoms with Crippen LogP contribution in [0.15, 0.2) is 6.33 Å². The van der Waals surface area contributed by atoms with Gasteiger partial charge in [-0.05, 0) is 0 Å². The third kappa shape index (κ3) is 5.31. The Kier molecular flexibility index (Phi) is 6.98. The van der Waals surface area contributed by atoms with Crippen molar-refractivity contribution in [1.82, 2.24) is 15.3 Å². The van der Waals surface area contributed by atoms with Crippen LogP contribution in [0.1, 0.15) is 5.56 Å². The second-order valence-electron chi connectivity index (χ2n) is 3.51. The van der Waals surface area contributed by atoms with E-state index in [4.69, 9.17) is 14.2 Å². The van der Waals surface area contributed by atoms with Crippen LogP contribution in [0.2, 0.25) is 0 Å². The first-order valence-electron chi connectivity index (χ1n) is 5.67. The minimum atomic E-state index is -2.44. The summed E-state index contributed by atoms with van der Waals surface area (Å²) in [7, 11) is 2.99. The molecule has 0 saturated carbocycles. The van der Waals surface area contributed by atoms with Gasteiger partial charge in [-0.15, -0.1) is 0 Å². The van der Waals surface area contributed by atoms with E-state index in [1.54, 1.807) is 0 Å². The maximum atomic E-state index is 11.8. The van der Waals surface area contributed by atoms with Crippen LogP contribution < -0.4 is 14.8 Å². The lowest BCUT2D eigenvalue weighted by atomic mass is 10.3. The summed E-state index contributed by atoms with van der Waals surface area (Å²) in [4.78, 5) is 7.92. The molecule has 0 aromatic carbocycles. The molecule has 0 unspecified atom stereocenters. The van der Waals surface area contributed by atoms with E-state index < -0.39 is 13.0 Å². The van der Waals surface area contributed by atoms with Crippen molar-refractivity contribution in [3.8, 4) is 11.8 Å². The molecule has 0 radical (unpaired) electrons. The van der Waals surface area contributed by atoms with Gasteiger partial charge in [0.2, 0.25) is 11.8 Å². The molecule has 1 heterocycles. The highest BCUT2D eigenvalue weighted by Crippen LogP contribution is 2.22. The van der Waals surface area contributed by atoms with Crippen LogP contribution in [-0.4, -0.2) is 50.4 Å². The van der Waals surface area contributed by atoms with E-state index in [9.17, 15) is 8.78 Å². The number of alkyl halides is 2. The number of ether oxygens (including phenoxy) is 3. The van der Waals surface area contributed by atoms with Crippen molar-refractivity contribution in [3.05, 3.63) is 11.9 Å². The lowest BCUT2D eigenvalue weighted by Crippen LogP contribution is -2.21. The van der Waals surface area contributed by atoms with Gasteiger partial charge in [0.25, 0.3) is 6.43 Å². The van der Waals surface area contributed by atoms with Crippen molar-refractivity contribution in [1.29, 1.82) is 0 Å². The summed E-state index contributed by atoms with van der Waals surface area (Å²) in [5.41, 5.74) is 0.668. The van der Waals surface area contributed by atoms with Gasteiger partial charge in [0.05, 0.1) is 26.4 Å². The zero-order valence-electron chi connectivity index (χ0n) is 10.9. The van der Waals surface area contributed by atoms with Gasteiger partial charge in [0, 0.05) is 13.1 Å². The molecule has 1 rings (SSSR count). The highest BCUT2D eigenvalue weighted by molar-refractivity contribution is 5.34. The van der Waals surface area contributed by atoms with Gasteiger partial charge in [-0.3, -0.25) is 0 Å². The van der Waals surface area contributed by atoms with E-state index in [-0.39, 0.29) is 6.61 Å². The van der Waals surface area contributed by atoms with Gasteiger partial charge in [-0.1, -0.05) is 0 Å². The van der Waals surface area contributed by atoms with Gasteiger partial charge >= 0.3 is 0 Å². The lowest BCUT2D eigenvalue weighted by Gasteiger charge is -2.11. The summed E-state index contributed by atoms with van der Waals surface area (Å²) in [6.45, 7) is 0.463. The molecule has 1 N–H and O–H groups in total. The molecule has 0 spiro atoms. The minimum Gasteiger partial charge on any atom is -0.481 e. The van der Waals surface area contributed by atoms with Crippen LogP contribution in [0.25, 0.3) is 0 Å². The van der Waals surface area contributed by atoms with Crippen LogP contribution in [0.4, 0.5) is 8.78 Å². The van der Waals surface area contributed by atoms with Crippen molar-refractivity contribution in [2.45, 2.75) is 13.0 Å². The Labute approximate surface area is 110 Å². The summed E-state index contributed by atoms with van der Waals surface area (Å²) >= 11 is 0. The third-order valence-electron chi connectivity index (χ3n) is 2.22. The van der Waals surface area contributed by atoms with Gasteiger partial charge in [-0.2, -0.15) is 0 Å². The molecule has 0 saturated heterocycles. The monoisotopic (exact) mass is 277 g/mol. The molecule has 0 aliphatic rings. The van der Waals surface area contributed by atoms with Crippen molar-refractivity contribution >= 4 is 0 Å². The zero-order valence-corrected chi connectivity index (χ0v) is 10.9. The molecular weight excluding hydrogens is 260 g/mol. The fraction of sp³-hybridized carbons (Fsp3) is 0.636. The first-order chi connectivity index (χ1) is 9.19. The Morgan fingerprint density at radius 1 is 1.21 bits per heavy atom. The molecule has 0 aliphatic heterocycles. The average Bonchev–Trinajstić information content (AvgIpc) is 2.42. The third-order valence-corrected chi connectivity index (χ3v) is 2.22. The van der Waals surface area contributed by atoms with Crippen LogP contribution >= 0.6 is 0 Å². The van der Waals surface area contributed by atoms with Gasteiger partial charge in [0.1, 0.15) is 12.9 Å². The molecule has 8 heteroatoms. The molecule has 6 nitrogen and oxygen atoms in total. The van der Waals surface area contributed by atoms with Crippen molar-refractivity contribution in [2.75, 3.05) is 34.0 Å². The molecule has 1 aromatic heterocycles. The summed E-state index contributed by atoms with van der Waals surface area (Å²) in [6, 6.07) is 0. The first-order valence-corrected chi connectivity index (χ1v) is 5.67. The molecule has 1 aromatic rings. The highest BCUT2D eigenvalue weighted by Gasteiger charge is 2.12. The largest absolute Gasteiger partial charge is 0.481 e. The smallest absolute Gasteiger partial charge is 0.261 e. The summed E-state index contributed by atoms with van der Waals surface area (Å²) in [5, 5.41) is 3.01. The van der Waals surface area contributed by atoms with E-state index in [0.717, 1.165) is 0 Å². The summed E-state index contributed by atoms with van der Waals surface area (Å²) < 4.78 is 38.6. The SMILES string of the molecule is COc1ncnc(OC)c1CNCCOCC(F)F. The van der Waals surface area contributed by atoms with Crippen molar-refractivity contribution in [3.63, 3.8) is 0 Å². The number of nitrogens with one attached hydrogen (secondary N) is 1. The molecule has 0 bridgehead atoms. The van der Waals surface area contributed by atoms with E-state index in [0.29, 0.717) is 30.4 Å². The van der Waals surface area contributed by atoms with Crippen LogP contribution in [-0.2, 0) is 11.3 Å². The molecule has 0 atom stereocenters. The van der Waals surface area contributed by atoms with Crippen LogP contribution in [0.3, 0.4) is 0 Å². The highest BCUT2D eigenvalue weighted by atomic mass is 19.3. The van der Waals surface area contributed by atoms with Crippen molar-refractivity contribution in [2.24, 2.45) is 0 Å². The quantitative estimate of drug-likeness (QED) is 0.676. The summed E-state index contributed by atoms with van der Waals surface area (Å²) in [6.07, 6.45) is -1.10. The predicted molar refractivity (Wildman–Crippen MR) is 63.7 cm³/mol.